The Bertz CT molecular complexity index is 1380. The number of aliphatic hydroxyl groups excluding tert-OH is 7. The lowest BCUT2D eigenvalue weighted by molar-refractivity contribution is -0.240. The van der Waals surface area contributed by atoms with Crippen molar-refractivity contribution in [2.45, 2.75) is 164 Å². The highest BCUT2D eigenvalue weighted by molar-refractivity contribution is 5.76. The molecule has 0 bridgehead atoms. The van der Waals surface area contributed by atoms with Crippen LogP contribution in [-0.4, -0.2) is 134 Å². The molecule has 15 heteroatoms. The summed E-state index contributed by atoms with van der Waals surface area (Å²) in [5.74, 6) is -4.02. The highest BCUT2D eigenvalue weighted by Crippen LogP contribution is 2.28. The first-order chi connectivity index (χ1) is 28.6. The third kappa shape index (κ3) is 23.2. The van der Waals surface area contributed by atoms with Crippen LogP contribution in [0.4, 0.5) is 0 Å². The minimum absolute atomic E-state index is 0.0193. The lowest BCUT2D eigenvalue weighted by atomic mass is 9.90. The van der Waals surface area contributed by atoms with Crippen LogP contribution in [0.3, 0.4) is 0 Å². The summed E-state index contributed by atoms with van der Waals surface area (Å²) in [6, 6.07) is 0. The van der Waals surface area contributed by atoms with Gasteiger partial charge in [0.15, 0.2) is 12.1 Å². The highest BCUT2D eigenvalue weighted by Gasteiger charge is 2.35. The molecule has 0 saturated carbocycles. The molecule has 0 aromatic heterocycles. The molecule has 0 radical (unpaired) electrons. The average molecular weight is 852 g/mol. The van der Waals surface area contributed by atoms with Gasteiger partial charge >= 0.3 is 5.97 Å². The first-order valence-corrected chi connectivity index (χ1v) is 21.4. The summed E-state index contributed by atoms with van der Waals surface area (Å²) in [5, 5.41) is 84.7. The zero-order chi connectivity index (χ0) is 44.3. The van der Waals surface area contributed by atoms with E-state index in [0.717, 1.165) is 19.3 Å². The lowest BCUT2D eigenvalue weighted by Crippen LogP contribution is -2.41. The topological polar surface area (TPSA) is 259 Å². The second kappa shape index (κ2) is 30.1. The van der Waals surface area contributed by atoms with Gasteiger partial charge in [-0.05, 0) is 70.6 Å². The number of ether oxygens (including phenoxy) is 4. The Labute approximate surface area is 355 Å². The van der Waals surface area contributed by atoms with Crippen LogP contribution in [0.15, 0.2) is 72.9 Å². The summed E-state index contributed by atoms with van der Waals surface area (Å²) in [5.41, 5.74) is 5.61. The Morgan fingerprint density at radius 3 is 2.07 bits per heavy atom. The van der Waals surface area contributed by atoms with Gasteiger partial charge in [-0.25, -0.2) is 0 Å². The van der Waals surface area contributed by atoms with Crippen molar-refractivity contribution in [2.24, 2.45) is 17.6 Å². The molecule has 2 rings (SSSR count). The van der Waals surface area contributed by atoms with Gasteiger partial charge in [0, 0.05) is 44.8 Å². The first kappa shape index (κ1) is 53.1. The highest BCUT2D eigenvalue weighted by atomic mass is 16.7. The van der Waals surface area contributed by atoms with Crippen molar-refractivity contribution in [1.29, 1.82) is 0 Å². The fourth-order valence-electron chi connectivity index (χ4n) is 6.92. The minimum atomic E-state index is -1.91. The van der Waals surface area contributed by atoms with Crippen LogP contribution in [-0.2, 0) is 28.5 Å². The van der Waals surface area contributed by atoms with E-state index >= 15 is 0 Å². The molecule has 0 aliphatic carbocycles. The Hall–Kier alpha value is -3.06. The number of methoxy groups -OCH3 is 1. The number of rotatable bonds is 4. The Balaban J connectivity index is 2.11. The number of nitrogens with two attached hydrogens (primary N) is 1. The van der Waals surface area contributed by atoms with E-state index in [1.165, 1.54) is 7.11 Å². The maximum atomic E-state index is 12.6. The smallest absolute Gasteiger partial charge is 0.308 e. The molecule has 2 aliphatic heterocycles. The summed E-state index contributed by atoms with van der Waals surface area (Å²) in [4.78, 5) is 24.8. The van der Waals surface area contributed by atoms with E-state index < -0.39 is 91.5 Å². The first-order valence-electron chi connectivity index (χ1n) is 21.4. The molecule has 0 aromatic rings. The fraction of sp³-hybridized carbons (Fsp3) is 0.689. The number of amides is 1. The van der Waals surface area contributed by atoms with Crippen LogP contribution in [0.25, 0.3) is 0 Å². The zero-order valence-electron chi connectivity index (χ0n) is 35.4. The van der Waals surface area contributed by atoms with Crippen molar-refractivity contribution in [1.82, 2.24) is 0 Å². The maximum absolute atomic E-state index is 12.6. The zero-order valence-corrected chi connectivity index (χ0v) is 35.4. The molecule has 1 saturated heterocycles. The van der Waals surface area contributed by atoms with Crippen LogP contribution in [0.5, 0.6) is 0 Å². The van der Waals surface area contributed by atoms with Crippen molar-refractivity contribution in [3.8, 4) is 0 Å². The normalized spacial score (nSPS) is 38.8. The van der Waals surface area contributed by atoms with Crippen LogP contribution in [0.1, 0.15) is 103 Å². The predicted molar refractivity (Wildman–Crippen MR) is 226 cm³/mol. The monoisotopic (exact) mass is 852 g/mol. The molecule has 15 nitrogen and oxygen atoms in total. The molecule has 0 aromatic carbocycles. The largest absolute Gasteiger partial charge is 0.465 e. The molecule has 2 heterocycles. The van der Waals surface area contributed by atoms with Gasteiger partial charge in [-0.3, -0.25) is 9.59 Å². The van der Waals surface area contributed by atoms with Crippen molar-refractivity contribution < 1.29 is 69.4 Å². The van der Waals surface area contributed by atoms with E-state index in [2.05, 4.69) is 0 Å². The van der Waals surface area contributed by atoms with E-state index in [1.54, 1.807) is 18.2 Å². The van der Waals surface area contributed by atoms with Gasteiger partial charge in [0.25, 0.3) is 0 Å². The van der Waals surface area contributed by atoms with E-state index in [4.69, 9.17) is 24.7 Å². The number of carbonyl (C=O) groups excluding carboxylic acids is 2. The summed E-state index contributed by atoms with van der Waals surface area (Å²) >= 11 is 0. The van der Waals surface area contributed by atoms with Gasteiger partial charge in [-0.1, -0.05) is 79.8 Å². The van der Waals surface area contributed by atoms with E-state index in [0.29, 0.717) is 19.4 Å². The minimum Gasteiger partial charge on any atom is -0.465 e. The third-order valence-corrected chi connectivity index (χ3v) is 10.7. The van der Waals surface area contributed by atoms with Crippen molar-refractivity contribution in [2.75, 3.05) is 20.3 Å². The molecule has 10 N–H and O–H groups in total. The van der Waals surface area contributed by atoms with Gasteiger partial charge in [-0.15, -0.1) is 0 Å². The molecule has 1 fully saturated rings. The van der Waals surface area contributed by atoms with Crippen molar-refractivity contribution in [3.63, 3.8) is 0 Å². The number of esters is 1. The van der Waals surface area contributed by atoms with Gasteiger partial charge < -0.3 is 65.5 Å². The summed E-state index contributed by atoms with van der Waals surface area (Å²) in [6.45, 7) is 2.40. The van der Waals surface area contributed by atoms with Crippen LogP contribution >= 0.6 is 0 Å². The maximum Gasteiger partial charge on any atom is 0.308 e. The molecule has 11 unspecified atom stereocenters. The molecule has 2 aliphatic rings. The summed E-state index contributed by atoms with van der Waals surface area (Å²) in [6.07, 6.45) is 15.6. The fourth-order valence-corrected chi connectivity index (χ4v) is 6.92. The quantitative estimate of drug-likeness (QED) is 0.146. The number of carbonyl (C=O) groups is 2. The molecule has 12 atom stereocenters. The van der Waals surface area contributed by atoms with Crippen LogP contribution in [0.2, 0.25) is 0 Å². The molecule has 1 amide bonds. The number of hydrogen-bond donors (Lipinski definition) is 9. The Kier molecular flexibility index (Phi) is 26.6. The van der Waals surface area contributed by atoms with Gasteiger partial charge in [0.1, 0.15) is 6.10 Å². The number of hydrogen-bond acceptors (Lipinski definition) is 14. The summed E-state index contributed by atoms with van der Waals surface area (Å²) in [7, 11) is 1.23. The van der Waals surface area contributed by atoms with E-state index in [1.807, 2.05) is 61.6 Å². The van der Waals surface area contributed by atoms with Gasteiger partial charge in [0.05, 0.1) is 55.8 Å². The van der Waals surface area contributed by atoms with E-state index in [-0.39, 0.29) is 63.9 Å². The van der Waals surface area contributed by atoms with Crippen LogP contribution in [0, 0.1) is 11.8 Å². The second-order valence-corrected chi connectivity index (χ2v) is 16.0. The number of primary amides is 1. The standard InChI is InChI=1S/C45H73NO14/c1-32-16-13-11-9-7-5-3-4-6-8-10-12-14-17-34(47)20-19-33(43(46)55)23-25-45(56,57-2)31-40(53)38(51)22-21-35(48)28-36(49)29-37(50)30-42(54)58-27-24-41(32)60-44-39(52)18-15-26-59-44/h3-4,6,8-14,16-17,32-41,44,47-53,56H,5,7,15,18-31H2,1-2H3,(H2,46,55)/b4-3+,8-6+,11-9+,12-10+,16-13+,17-14+/t32-,33?,34?,35?,36?,37?,38?,39?,40?,41?,44?,45?/m0/s1. The number of cyclic esters (lactones) is 1. The second-order valence-electron chi connectivity index (χ2n) is 16.0. The van der Waals surface area contributed by atoms with E-state index in [9.17, 15) is 50.4 Å². The Morgan fingerprint density at radius 2 is 1.38 bits per heavy atom. The van der Waals surface area contributed by atoms with Crippen molar-refractivity contribution in [3.05, 3.63) is 72.9 Å². The molecule has 60 heavy (non-hydrogen) atoms. The third-order valence-electron chi connectivity index (χ3n) is 10.7. The molecular weight excluding hydrogens is 778 g/mol. The van der Waals surface area contributed by atoms with Gasteiger partial charge in [-0.2, -0.15) is 0 Å². The Morgan fingerprint density at radius 1 is 0.733 bits per heavy atom. The van der Waals surface area contributed by atoms with Crippen molar-refractivity contribution >= 4 is 11.9 Å². The molecule has 0 spiro atoms. The predicted octanol–water partition coefficient (Wildman–Crippen LogP) is 3.07. The SMILES string of the molecule is COC1(O)CCC(C(N)=O)CCC(O)/C=C/C=C/C=C/C=C/CC/C=C/C=C/[C@H](C)C(OC2OCCCC2O)CCOC(=O)CC(O)CC(O)CC(O)CCC(O)C(O)C1. The number of aliphatic hydroxyl groups is 8. The van der Waals surface area contributed by atoms with Crippen LogP contribution < -0.4 is 5.73 Å². The average Bonchev–Trinajstić information content (AvgIpc) is 3.19. The summed E-state index contributed by atoms with van der Waals surface area (Å²) < 4.78 is 22.5. The van der Waals surface area contributed by atoms with Gasteiger partial charge in [0.2, 0.25) is 5.91 Å². The molecule has 342 valence electrons. The number of allylic oxidation sites excluding steroid dienone is 10. The molecular formula is C45H73NO14. The lowest BCUT2D eigenvalue weighted by Gasteiger charge is -2.33.